The molecule has 0 saturated carbocycles. The van der Waals surface area contributed by atoms with Crippen molar-refractivity contribution in [2.45, 2.75) is 31.1 Å². The van der Waals surface area contributed by atoms with Crippen LogP contribution in [0.1, 0.15) is 25.3 Å². The monoisotopic (exact) mass is 461 g/mol. The molecule has 2 amide bonds. The molecule has 2 aromatic rings. The topological polar surface area (TPSA) is 97.0 Å². The molecule has 1 aliphatic rings. The minimum atomic E-state index is -3.70. The summed E-state index contributed by atoms with van der Waals surface area (Å²) in [5.41, 5.74) is 1.55. The van der Waals surface area contributed by atoms with Gasteiger partial charge in [-0.15, -0.1) is 0 Å². The number of carbonyl (C=O) groups is 1. The molecule has 2 N–H and O–H groups in total. The largest absolute Gasteiger partial charge is 0.495 e. The number of anilines is 1. The lowest BCUT2D eigenvalue weighted by molar-refractivity contribution is 0.183. The van der Waals surface area contributed by atoms with Crippen LogP contribution in [0, 0.1) is 5.92 Å². The second-order valence-corrected chi connectivity index (χ2v) is 9.49. The number of nitrogens with one attached hydrogen (secondary N) is 2. The summed E-state index contributed by atoms with van der Waals surface area (Å²) in [6, 6.07) is 12.3. The Balaban J connectivity index is 1.54. The van der Waals surface area contributed by atoms with Gasteiger partial charge in [0.1, 0.15) is 16.4 Å². The zero-order valence-electron chi connectivity index (χ0n) is 18.8. The maximum absolute atomic E-state index is 12.9. The van der Waals surface area contributed by atoms with Crippen LogP contribution in [0.2, 0.25) is 0 Å². The number of hydrogen-bond donors (Lipinski definition) is 2. The average molecular weight is 462 g/mol. The predicted molar refractivity (Wildman–Crippen MR) is 124 cm³/mol. The molecule has 0 spiro atoms. The summed E-state index contributed by atoms with van der Waals surface area (Å²) in [5.74, 6) is 1.09. The van der Waals surface area contributed by atoms with E-state index in [1.54, 1.807) is 36.3 Å². The summed E-state index contributed by atoms with van der Waals surface area (Å²) in [7, 11) is -0.670. The Morgan fingerprint density at radius 2 is 1.75 bits per heavy atom. The maximum Gasteiger partial charge on any atom is 0.321 e. The Morgan fingerprint density at radius 1 is 1.06 bits per heavy atom. The minimum absolute atomic E-state index is 0.153. The number of sulfonamides is 1. The Kier molecular flexibility index (Phi) is 7.98. The van der Waals surface area contributed by atoms with E-state index in [1.807, 2.05) is 25.1 Å². The number of piperidine rings is 1. The minimum Gasteiger partial charge on any atom is -0.495 e. The summed E-state index contributed by atoms with van der Waals surface area (Å²) < 4.78 is 39.0. The summed E-state index contributed by atoms with van der Waals surface area (Å²) in [6.45, 7) is 3.41. The molecule has 1 aliphatic heterocycles. The molecule has 8 nitrogen and oxygen atoms in total. The SMILES string of the molecule is CCc1ccc(OC)c(S(=O)(=O)NCC2CCN(C(=O)Nc3ccccc3OC)CC2)c1. The van der Waals surface area contributed by atoms with Crippen molar-refractivity contribution in [2.75, 3.05) is 39.2 Å². The number of nitrogens with zero attached hydrogens (tertiary/aromatic N) is 1. The first kappa shape index (κ1) is 23.9. The van der Waals surface area contributed by atoms with E-state index in [9.17, 15) is 13.2 Å². The van der Waals surface area contributed by atoms with Gasteiger partial charge in [-0.25, -0.2) is 17.9 Å². The molecule has 3 rings (SSSR count). The molecular weight excluding hydrogens is 430 g/mol. The lowest BCUT2D eigenvalue weighted by Crippen LogP contribution is -2.43. The maximum atomic E-state index is 12.9. The molecule has 0 aliphatic carbocycles. The molecule has 0 unspecified atom stereocenters. The van der Waals surface area contributed by atoms with Gasteiger partial charge >= 0.3 is 6.03 Å². The van der Waals surface area contributed by atoms with E-state index < -0.39 is 10.0 Å². The molecule has 1 saturated heterocycles. The van der Waals surface area contributed by atoms with Gasteiger partial charge in [0.05, 0.1) is 19.9 Å². The van der Waals surface area contributed by atoms with E-state index in [-0.39, 0.29) is 16.8 Å². The van der Waals surface area contributed by atoms with E-state index >= 15 is 0 Å². The van der Waals surface area contributed by atoms with Gasteiger partial charge in [-0.2, -0.15) is 0 Å². The second-order valence-electron chi connectivity index (χ2n) is 7.75. The van der Waals surface area contributed by atoms with Gasteiger partial charge in [0.15, 0.2) is 0 Å². The van der Waals surface area contributed by atoms with Crippen LogP contribution in [-0.2, 0) is 16.4 Å². The molecule has 2 aromatic carbocycles. The van der Waals surface area contributed by atoms with Gasteiger partial charge < -0.3 is 19.7 Å². The molecule has 0 bridgehead atoms. The van der Waals surface area contributed by atoms with Crippen molar-refractivity contribution in [2.24, 2.45) is 5.92 Å². The third-order valence-electron chi connectivity index (χ3n) is 5.74. The van der Waals surface area contributed by atoms with Crippen LogP contribution in [0.5, 0.6) is 11.5 Å². The van der Waals surface area contributed by atoms with E-state index in [4.69, 9.17) is 9.47 Å². The number of urea groups is 1. The van der Waals surface area contributed by atoms with Gasteiger partial charge in [-0.1, -0.05) is 25.1 Å². The first-order valence-electron chi connectivity index (χ1n) is 10.7. The van der Waals surface area contributed by atoms with E-state index in [0.29, 0.717) is 49.7 Å². The van der Waals surface area contributed by atoms with E-state index in [0.717, 1.165) is 12.0 Å². The molecule has 0 atom stereocenters. The number of amides is 2. The van der Waals surface area contributed by atoms with Gasteiger partial charge in [0.2, 0.25) is 10.0 Å². The van der Waals surface area contributed by atoms with Crippen molar-refractivity contribution in [3.8, 4) is 11.5 Å². The van der Waals surface area contributed by atoms with Crippen LogP contribution in [0.15, 0.2) is 47.4 Å². The van der Waals surface area contributed by atoms with Crippen molar-refractivity contribution < 1.29 is 22.7 Å². The van der Waals surface area contributed by atoms with Crippen molar-refractivity contribution in [3.05, 3.63) is 48.0 Å². The summed E-state index contributed by atoms with van der Waals surface area (Å²) in [5, 5.41) is 2.88. The van der Waals surface area contributed by atoms with Crippen molar-refractivity contribution >= 4 is 21.7 Å². The van der Waals surface area contributed by atoms with Gasteiger partial charge in [0, 0.05) is 19.6 Å². The molecule has 0 aromatic heterocycles. The Morgan fingerprint density at radius 3 is 2.41 bits per heavy atom. The molecule has 1 fully saturated rings. The Hall–Kier alpha value is -2.78. The number of likely N-dealkylation sites (tertiary alicyclic amines) is 1. The summed E-state index contributed by atoms with van der Waals surface area (Å²) in [6.07, 6.45) is 2.17. The van der Waals surface area contributed by atoms with Crippen LogP contribution in [0.25, 0.3) is 0 Å². The van der Waals surface area contributed by atoms with Crippen molar-refractivity contribution in [1.29, 1.82) is 0 Å². The molecule has 32 heavy (non-hydrogen) atoms. The average Bonchev–Trinajstić information content (AvgIpc) is 2.83. The number of para-hydroxylation sites is 2. The highest BCUT2D eigenvalue weighted by Crippen LogP contribution is 2.27. The number of rotatable bonds is 8. The van der Waals surface area contributed by atoms with Gasteiger partial charge in [0.25, 0.3) is 0 Å². The number of aryl methyl sites for hydroxylation is 1. The zero-order chi connectivity index (χ0) is 23.1. The lowest BCUT2D eigenvalue weighted by atomic mass is 9.97. The van der Waals surface area contributed by atoms with E-state index in [1.165, 1.54) is 7.11 Å². The molecule has 174 valence electrons. The molecule has 1 heterocycles. The van der Waals surface area contributed by atoms with Crippen LogP contribution in [-0.4, -0.2) is 53.2 Å². The first-order chi connectivity index (χ1) is 15.4. The second kappa shape index (κ2) is 10.7. The highest BCUT2D eigenvalue weighted by atomic mass is 32.2. The number of benzene rings is 2. The smallest absolute Gasteiger partial charge is 0.321 e. The molecular formula is C23H31N3O5S. The van der Waals surface area contributed by atoms with Crippen LogP contribution in [0.3, 0.4) is 0 Å². The van der Waals surface area contributed by atoms with Gasteiger partial charge in [-0.3, -0.25) is 0 Å². The third-order valence-corrected chi connectivity index (χ3v) is 7.18. The Labute approximate surface area is 190 Å². The molecule has 0 radical (unpaired) electrons. The first-order valence-corrected chi connectivity index (χ1v) is 12.2. The number of ether oxygens (including phenoxy) is 2. The van der Waals surface area contributed by atoms with Crippen LogP contribution in [0.4, 0.5) is 10.5 Å². The normalized spacial score (nSPS) is 14.8. The Bertz CT molecular complexity index is 1030. The molecule has 9 heteroatoms. The fraction of sp³-hybridized carbons (Fsp3) is 0.435. The van der Waals surface area contributed by atoms with Crippen molar-refractivity contribution in [3.63, 3.8) is 0 Å². The summed E-state index contributed by atoms with van der Waals surface area (Å²) in [4.78, 5) is 14.5. The lowest BCUT2D eigenvalue weighted by Gasteiger charge is -2.32. The number of hydrogen-bond acceptors (Lipinski definition) is 5. The summed E-state index contributed by atoms with van der Waals surface area (Å²) >= 11 is 0. The highest BCUT2D eigenvalue weighted by molar-refractivity contribution is 7.89. The fourth-order valence-corrected chi connectivity index (χ4v) is 5.07. The van der Waals surface area contributed by atoms with E-state index in [2.05, 4.69) is 10.0 Å². The predicted octanol–water partition coefficient (Wildman–Crippen LogP) is 3.49. The number of carbonyl (C=O) groups excluding carboxylic acids is 1. The quantitative estimate of drug-likeness (QED) is 0.627. The fourth-order valence-electron chi connectivity index (χ4n) is 3.74. The number of methoxy groups -OCH3 is 2. The van der Waals surface area contributed by atoms with Crippen LogP contribution < -0.4 is 19.5 Å². The standard InChI is InChI=1S/C23H31N3O5S/c1-4-17-9-10-21(31-3)22(15-17)32(28,29)24-16-18-11-13-26(14-12-18)23(27)25-19-7-5-6-8-20(19)30-2/h5-10,15,18,24H,4,11-14,16H2,1-3H3,(H,25,27). The third kappa shape index (κ3) is 5.72. The zero-order valence-corrected chi connectivity index (χ0v) is 19.6. The van der Waals surface area contributed by atoms with Crippen molar-refractivity contribution in [1.82, 2.24) is 9.62 Å². The van der Waals surface area contributed by atoms with Gasteiger partial charge in [-0.05, 0) is 55.0 Å². The highest BCUT2D eigenvalue weighted by Gasteiger charge is 2.26. The van der Waals surface area contributed by atoms with Crippen LogP contribution >= 0.6 is 0 Å².